The molecule has 0 amide bonds. The van der Waals surface area contributed by atoms with E-state index in [2.05, 4.69) is 45.0 Å². The van der Waals surface area contributed by atoms with Gasteiger partial charge >= 0.3 is 0 Å². The number of ether oxygens (including phenoxy) is 1. The molecule has 2 aromatic carbocycles. The Morgan fingerprint density at radius 2 is 1.38 bits per heavy atom. The van der Waals surface area contributed by atoms with E-state index in [1.54, 1.807) is 0 Å². The zero-order valence-electron chi connectivity index (χ0n) is 13.4. The third-order valence-electron chi connectivity index (χ3n) is 3.44. The zero-order valence-corrected chi connectivity index (χ0v) is 13.4. The van der Waals surface area contributed by atoms with Gasteiger partial charge in [0, 0.05) is 6.04 Å². The Balaban J connectivity index is 2.04. The van der Waals surface area contributed by atoms with Gasteiger partial charge in [-0.15, -0.1) is 0 Å². The van der Waals surface area contributed by atoms with Gasteiger partial charge in [-0.1, -0.05) is 45.0 Å². The molecule has 0 saturated heterocycles. The van der Waals surface area contributed by atoms with Crippen molar-refractivity contribution >= 4 is 0 Å². The first-order chi connectivity index (χ1) is 9.84. The second kappa shape index (κ2) is 6.31. The Morgan fingerprint density at radius 1 is 0.905 bits per heavy atom. The van der Waals surface area contributed by atoms with Crippen LogP contribution in [0.1, 0.15) is 38.8 Å². The van der Waals surface area contributed by atoms with Gasteiger partial charge in [-0.25, -0.2) is 0 Å². The molecule has 112 valence electrons. The van der Waals surface area contributed by atoms with Crippen molar-refractivity contribution in [3.8, 4) is 11.5 Å². The van der Waals surface area contributed by atoms with Gasteiger partial charge in [0.25, 0.3) is 0 Å². The molecule has 1 unspecified atom stereocenters. The molecule has 0 heterocycles. The van der Waals surface area contributed by atoms with Gasteiger partial charge in [0.2, 0.25) is 0 Å². The highest BCUT2D eigenvalue weighted by molar-refractivity contribution is 5.36. The van der Waals surface area contributed by atoms with Gasteiger partial charge < -0.3 is 10.5 Å². The number of nitrogens with two attached hydrogens (primary N) is 1. The van der Waals surface area contributed by atoms with Crippen molar-refractivity contribution in [2.45, 2.75) is 45.6 Å². The number of hydrogen-bond donors (Lipinski definition) is 1. The van der Waals surface area contributed by atoms with Crippen molar-refractivity contribution in [1.29, 1.82) is 0 Å². The van der Waals surface area contributed by atoms with E-state index in [4.69, 9.17) is 10.5 Å². The number of benzene rings is 2. The van der Waals surface area contributed by atoms with Crippen molar-refractivity contribution in [3.63, 3.8) is 0 Å². The van der Waals surface area contributed by atoms with Crippen LogP contribution in [0.5, 0.6) is 11.5 Å². The Morgan fingerprint density at radius 3 is 1.81 bits per heavy atom. The summed E-state index contributed by atoms with van der Waals surface area (Å²) in [5.41, 5.74) is 8.51. The second-order valence-electron chi connectivity index (χ2n) is 6.70. The molecule has 2 nitrogen and oxygen atoms in total. The molecule has 0 aromatic heterocycles. The highest BCUT2D eigenvalue weighted by atomic mass is 16.5. The van der Waals surface area contributed by atoms with E-state index in [1.165, 1.54) is 11.1 Å². The lowest BCUT2D eigenvalue weighted by Crippen LogP contribution is -2.17. The predicted octanol–water partition coefficient (Wildman–Crippen LogP) is 4.67. The molecule has 2 heteroatoms. The van der Waals surface area contributed by atoms with Gasteiger partial charge in [0.05, 0.1) is 0 Å². The quantitative estimate of drug-likeness (QED) is 0.885. The van der Waals surface area contributed by atoms with Gasteiger partial charge in [0.1, 0.15) is 11.5 Å². The summed E-state index contributed by atoms with van der Waals surface area (Å²) in [6.45, 7) is 8.64. The highest BCUT2D eigenvalue weighted by Gasteiger charge is 2.13. The SMILES string of the molecule is CC(N)Cc1ccc(Oc2ccc(C(C)(C)C)cc2)cc1. The molecular formula is C19H25NO. The van der Waals surface area contributed by atoms with Crippen LogP contribution in [0.4, 0.5) is 0 Å². The topological polar surface area (TPSA) is 35.2 Å². The smallest absolute Gasteiger partial charge is 0.127 e. The van der Waals surface area contributed by atoms with Crippen molar-refractivity contribution < 1.29 is 4.74 Å². The van der Waals surface area contributed by atoms with Crippen LogP contribution in [0.3, 0.4) is 0 Å². The van der Waals surface area contributed by atoms with Crippen LogP contribution in [0.15, 0.2) is 48.5 Å². The molecule has 0 aliphatic heterocycles. The summed E-state index contributed by atoms with van der Waals surface area (Å²) >= 11 is 0. The summed E-state index contributed by atoms with van der Waals surface area (Å²) < 4.78 is 5.87. The van der Waals surface area contributed by atoms with Crippen molar-refractivity contribution in [1.82, 2.24) is 0 Å². The Kier molecular flexibility index (Phi) is 4.69. The highest BCUT2D eigenvalue weighted by Crippen LogP contribution is 2.27. The lowest BCUT2D eigenvalue weighted by molar-refractivity contribution is 0.481. The molecule has 0 aliphatic rings. The minimum atomic E-state index is 0.166. The van der Waals surface area contributed by atoms with Crippen LogP contribution in [-0.2, 0) is 11.8 Å². The molecule has 1 atom stereocenters. The maximum atomic E-state index is 5.87. The van der Waals surface area contributed by atoms with E-state index >= 15 is 0 Å². The lowest BCUT2D eigenvalue weighted by atomic mass is 9.87. The van der Waals surface area contributed by atoms with E-state index in [1.807, 2.05) is 31.2 Å². The average Bonchev–Trinajstić information content (AvgIpc) is 2.40. The molecule has 0 fully saturated rings. The standard InChI is InChI=1S/C19H25NO/c1-14(20)13-15-5-9-17(10-6-15)21-18-11-7-16(8-12-18)19(2,3)4/h5-12,14H,13,20H2,1-4H3. The molecule has 21 heavy (non-hydrogen) atoms. The Bertz CT molecular complexity index is 562. The summed E-state index contributed by atoms with van der Waals surface area (Å²) in [6.07, 6.45) is 0.889. The average molecular weight is 283 g/mol. The fourth-order valence-electron chi connectivity index (χ4n) is 2.22. The van der Waals surface area contributed by atoms with Crippen molar-refractivity contribution in [2.75, 3.05) is 0 Å². The Labute approximate surface area is 127 Å². The maximum absolute atomic E-state index is 5.87. The lowest BCUT2D eigenvalue weighted by Gasteiger charge is -2.19. The molecule has 2 rings (SSSR count). The molecule has 0 spiro atoms. The first-order valence-corrected chi connectivity index (χ1v) is 7.47. The van der Waals surface area contributed by atoms with Gasteiger partial charge in [0.15, 0.2) is 0 Å². The van der Waals surface area contributed by atoms with Crippen molar-refractivity contribution in [3.05, 3.63) is 59.7 Å². The largest absolute Gasteiger partial charge is 0.457 e. The van der Waals surface area contributed by atoms with Crippen LogP contribution in [-0.4, -0.2) is 6.04 Å². The zero-order chi connectivity index (χ0) is 15.5. The van der Waals surface area contributed by atoms with E-state index < -0.39 is 0 Å². The van der Waals surface area contributed by atoms with E-state index in [9.17, 15) is 0 Å². The first-order valence-electron chi connectivity index (χ1n) is 7.47. The maximum Gasteiger partial charge on any atom is 0.127 e. The summed E-state index contributed by atoms with van der Waals surface area (Å²) in [7, 11) is 0. The minimum absolute atomic E-state index is 0.166. The molecule has 2 aromatic rings. The predicted molar refractivity (Wildman–Crippen MR) is 89.0 cm³/mol. The molecule has 0 aliphatic carbocycles. The second-order valence-corrected chi connectivity index (χ2v) is 6.70. The van der Waals surface area contributed by atoms with Crippen molar-refractivity contribution in [2.24, 2.45) is 5.73 Å². The van der Waals surface area contributed by atoms with Gasteiger partial charge in [-0.2, -0.15) is 0 Å². The fraction of sp³-hybridized carbons (Fsp3) is 0.368. The monoisotopic (exact) mass is 283 g/mol. The third-order valence-corrected chi connectivity index (χ3v) is 3.44. The fourth-order valence-corrected chi connectivity index (χ4v) is 2.22. The molecule has 0 bridgehead atoms. The summed E-state index contributed by atoms with van der Waals surface area (Å²) in [5, 5.41) is 0. The first kappa shape index (κ1) is 15.6. The summed E-state index contributed by atoms with van der Waals surface area (Å²) in [5.74, 6) is 1.72. The number of rotatable bonds is 4. The van der Waals surface area contributed by atoms with E-state index in [-0.39, 0.29) is 11.5 Å². The number of hydrogen-bond acceptors (Lipinski definition) is 2. The van der Waals surface area contributed by atoms with Crippen LogP contribution in [0.2, 0.25) is 0 Å². The minimum Gasteiger partial charge on any atom is -0.457 e. The van der Waals surface area contributed by atoms with E-state index in [0.717, 1.165) is 17.9 Å². The van der Waals surface area contributed by atoms with Crippen LogP contribution >= 0.6 is 0 Å². The van der Waals surface area contributed by atoms with Crippen LogP contribution in [0.25, 0.3) is 0 Å². The molecule has 2 N–H and O–H groups in total. The molecular weight excluding hydrogens is 258 g/mol. The summed E-state index contributed by atoms with van der Waals surface area (Å²) in [6, 6.07) is 16.6. The van der Waals surface area contributed by atoms with Crippen LogP contribution in [0, 0.1) is 0 Å². The summed E-state index contributed by atoms with van der Waals surface area (Å²) in [4.78, 5) is 0. The third kappa shape index (κ3) is 4.61. The van der Waals surface area contributed by atoms with E-state index in [0.29, 0.717) is 0 Å². The molecule has 0 radical (unpaired) electrons. The normalized spacial score (nSPS) is 13.0. The Hall–Kier alpha value is -1.80. The van der Waals surface area contributed by atoms with Gasteiger partial charge in [-0.05, 0) is 54.2 Å². The van der Waals surface area contributed by atoms with Crippen LogP contribution < -0.4 is 10.5 Å². The van der Waals surface area contributed by atoms with Gasteiger partial charge in [-0.3, -0.25) is 0 Å². The molecule has 0 saturated carbocycles.